The largest absolute Gasteiger partial charge is 0.493 e. The number of benzene rings is 2. The number of nitrogens with zero attached hydrogens (tertiary/aromatic N) is 1. The molecule has 2 amide bonds. The molecule has 1 N–H and O–H groups in total. The van der Waals surface area contributed by atoms with Gasteiger partial charge in [0.1, 0.15) is 5.75 Å². The van der Waals surface area contributed by atoms with Gasteiger partial charge in [-0.15, -0.1) is 0 Å². The minimum Gasteiger partial charge on any atom is -0.493 e. The Labute approximate surface area is 177 Å². The highest BCUT2D eigenvalue weighted by Gasteiger charge is 2.24. The van der Waals surface area contributed by atoms with Gasteiger partial charge in [0.25, 0.3) is 5.91 Å². The van der Waals surface area contributed by atoms with Crippen molar-refractivity contribution < 1.29 is 14.3 Å². The van der Waals surface area contributed by atoms with E-state index < -0.39 is 0 Å². The summed E-state index contributed by atoms with van der Waals surface area (Å²) in [6.07, 6.45) is 2.67. The topological polar surface area (TPSA) is 58.6 Å². The second kappa shape index (κ2) is 10.3. The zero-order valence-electron chi connectivity index (χ0n) is 16.7. The number of hydrogen-bond acceptors (Lipinski definition) is 3. The minimum atomic E-state index is -0.159. The number of para-hydroxylation sites is 1. The fraction of sp³-hybridized carbons (Fsp3) is 0.391. The Morgan fingerprint density at radius 1 is 1.10 bits per heavy atom. The highest BCUT2D eigenvalue weighted by molar-refractivity contribution is 6.33. The molecule has 29 heavy (non-hydrogen) atoms. The lowest BCUT2D eigenvalue weighted by atomic mass is 10.0. The molecule has 2 aromatic carbocycles. The summed E-state index contributed by atoms with van der Waals surface area (Å²) in [7, 11) is 0. The summed E-state index contributed by atoms with van der Waals surface area (Å²) in [4.78, 5) is 26.7. The molecule has 0 aliphatic carbocycles. The molecule has 0 radical (unpaired) electrons. The standard InChI is InChI=1S/C23H27ClN2O3/c1-17-7-2-5-10-21(17)29-16-6-11-22(27)26-14-12-18(13-15-26)25-23(28)19-8-3-4-9-20(19)24/h2-5,7-10,18H,6,11-16H2,1H3,(H,25,28). The highest BCUT2D eigenvalue weighted by atomic mass is 35.5. The maximum atomic E-state index is 12.4. The summed E-state index contributed by atoms with van der Waals surface area (Å²) in [5, 5.41) is 3.48. The summed E-state index contributed by atoms with van der Waals surface area (Å²) in [6, 6.07) is 15.0. The van der Waals surface area contributed by atoms with E-state index in [1.54, 1.807) is 24.3 Å². The van der Waals surface area contributed by atoms with Crippen LogP contribution in [0.15, 0.2) is 48.5 Å². The van der Waals surface area contributed by atoms with Crippen LogP contribution in [0.4, 0.5) is 0 Å². The van der Waals surface area contributed by atoms with E-state index >= 15 is 0 Å². The lowest BCUT2D eigenvalue weighted by molar-refractivity contribution is -0.132. The van der Waals surface area contributed by atoms with Crippen LogP contribution < -0.4 is 10.1 Å². The van der Waals surface area contributed by atoms with Crippen LogP contribution in [0.2, 0.25) is 5.02 Å². The maximum Gasteiger partial charge on any atom is 0.253 e. The van der Waals surface area contributed by atoms with Gasteiger partial charge in [0.2, 0.25) is 5.91 Å². The Bertz CT molecular complexity index is 848. The molecule has 0 atom stereocenters. The molecule has 0 saturated carbocycles. The molecule has 1 aliphatic rings. The molecule has 1 heterocycles. The maximum absolute atomic E-state index is 12.4. The van der Waals surface area contributed by atoms with E-state index in [9.17, 15) is 9.59 Å². The molecular formula is C23H27ClN2O3. The highest BCUT2D eigenvalue weighted by Crippen LogP contribution is 2.18. The van der Waals surface area contributed by atoms with Gasteiger partial charge in [0, 0.05) is 25.6 Å². The SMILES string of the molecule is Cc1ccccc1OCCCC(=O)N1CCC(NC(=O)c2ccccc2Cl)CC1. The number of amides is 2. The molecule has 1 saturated heterocycles. The number of ether oxygens (including phenoxy) is 1. The number of likely N-dealkylation sites (tertiary alicyclic amines) is 1. The average Bonchev–Trinajstić information content (AvgIpc) is 2.73. The van der Waals surface area contributed by atoms with E-state index in [1.165, 1.54) is 0 Å². The van der Waals surface area contributed by atoms with E-state index in [-0.39, 0.29) is 17.9 Å². The molecule has 154 valence electrons. The smallest absolute Gasteiger partial charge is 0.253 e. The first-order valence-corrected chi connectivity index (χ1v) is 10.4. The zero-order valence-corrected chi connectivity index (χ0v) is 17.5. The van der Waals surface area contributed by atoms with Crippen LogP contribution >= 0.6 is 11.6 Å². The number of aryl methyl sites for hydroxylation is 1. The second-order valence-electron chi connectivity index (χ2n) is 7.33. The van der Waals surface area contributed by atoms with Crippen LogP contribution in [0, 0.1) is 6.92 Å². The van der Waals surface area contributed by atoms with Crippen molar-refractivity contribution in [2.45, 2.75) is 38.6 Å². The Kier molecular flexibility index (Phi) is 7.53. The minimum absolute atomic E-state index is 0.0622. The van der Waals surface area contributed by atoms with Gasteiger partial charge in [-0.3, -0.25) is 9.59 Å². The predicted molar refractivity (Wildman–Crippen MR) is 114 cm³/mol. The molecule has 1 fully saturated rings. The van der Waals surface area contributed by atoms with Gasteiger partial charge < -0.3 is 15.0 Å². The fourth-order valence-electron chi connectivity index (χ4n) is 3.46. The van der Waals surface area contributed by atoms with E-state index in [1.807, 2.05) is 36.1 Å². The fourth-order valence-corrected chi connectivity index (χ4v) is 3.69. The molecule has 5 nitrogen and oxygen atoms in total. The van der Waals surface area contributed by atoms with Crippen molar-refractivity contribution in [3.63, 3.8) is 0 Å². The van der Waals surface area contributed by atoms with Gasteiger partial charge in [-0.2, -0.15) is 0 Å². The van der Waals surface area contributed by atoms with E-state index in [2.05, 4.69) is 5.32 Å². The molecule has 0 aromatic heterocycles. The average molecular weight is 415 g/mol. The van der Waals surface area contributed by atoms with E-state index in [4.69, 9.17) is 16.3 Å². The lowest BCUT2D eigenvalue weighted by Gasteiger charge is -2.32. The van der Waals surface area contributed by atoms with Crippen molar-refractivity contribution in [3.05, 3.63) is 64.7 Å². The third-order valence-corrected chi connectivity index (χ3v) is 5.52. The Hall–Kier alpha value is -2.53. The van der Waals surface area contributed by atoms with Gasteiger partial charge in [0.15, 0.2) is 0 Å². The molecular weight excluding hydrogens is 388 g/mol. The van der Waals surface area contributed by atoms with E-state index in [0.29, 0.717) is 43.1 Å². The van der Waals surface area contributed by atoms with Crippen molar-refractivity contribution in [3.8, 4) is 5.75 Å². The first kappa shape index (κ1) is 21.2. The predicted octanol–water partition coefficient (Wildman–Crippen LogP) is 4.23. The normalized spacial score (nSPS) is 14.5. The van der Waals surface area contributed by atoms with Gasteiger partial charge in [-0.1, -0.05) is 41.9 Å². The first-order chi connectivity index (χ1) is 14.0. The summed E-state index contributed by atoms with van der Waals surface area (Å²) in [6.45, 7) is 3.85. The Balaban J connectivity index is 1.36. The number of carbonyl (C=O) groups excluding carboxylic acids is 2. The van der Waals surface area contributed by atoms with Crippen molar-refractivity contribution in [2.24, 2.45) is 0 Å². The van der Waals surface area contributed by atoms with Crippen LogP contribution in [0.3, 0.4) is 0 Å². The Morgan fingerprint density at radius 2 is 1.79 bits per heavy atom. The van der Waals surface area contributed by atoms with Gasteiger partial charge in [-0.05, 0) is 49.9 Å². The summed E-state index contributed by atoms with van der Waals surface area (Å²) < 4.78 is 5.76. The zero-order chi connectivity index (χ0) is 20.6. The molecule has 0 spiro atoms. The second-order valence-corrected chi connectivity index (χ2v) is 7.73. The van der Waals surface area contributed by atoms with Gasteiger partial charge >= 0.3 is 0 Å². The Morgan fingerprint density at radius 3 is 2.52 bits per heavy atom. The number of carbonyl (C=O) groups is 2. The molecule has 0 bridgehead atoms. The van der Waals surface area contributed by atoms with E-state index in [0.717, 1.165) is 24.2 Å². The lowest BCUT2D eigenvalue weighted by Crippen LogP contribution is -2.46. The number of halogens is 1. The van der Waals surface area contributed by atoms with Crippen LogP contribution in [0.5, 0.6) is 5.75 Å². The molecule has 2 aromatic rings. The van der Waals surface area contributed by atoms with Crippen LogP contribution in [0.1, 0.15) is 41.6 Å². The summed E-state index contributed by atoms with van der Waals surface area (Å²) in [5.41, 5.74) is 1.58. The van der Waals surface area contributed by atoms with Crippen LogP contribution in [-0.4, -0.2) is 42.5 Å². The van der Waals surface area contributed by atoms with Crippen LogP contribution in [-0.2, 0) is 4.79 Å². The van der Waals surface area contributed by atoms with Gasteiger partial charge in [0.05, 0.1) is 17.2 Å². The molecule has 6 heteroatoms. The van der Waals surface area contributed by atoms with Crippen molar-refractivity contribution >= 4 is 23.4 Å². The van der Waals surface area contributed by atoms with Gasteiger partial charge in [-0.25, -0.2) is 0 Å². The first-order valence-electron chi connectivity index (χ1n) is 10.1. The quantitative estimate of drug-likeness (QED) is 0.690. The third-order valence-electron chi connectivity index (χ3n) is 5.19. The van der Waals surface area contributed by atoms with Crippen molar-refractivity contribution in [1.82, 2.24) is 10.2 Å². The summed E-state index contributed by atoms with van der Waals surface area (Å²) in [5.74, 6) is 0.859. The number of rotatable bonds is 7. The molecule has 0 unspecified atom stereocenters. The molecule has 3 rings (SSSR count). The third kappa shape index (κ3) is 5.97. The number of piperidine rings is 1. The monoisotopic (exact) mass is 414 g/mol. The number of nitrogens with one attached hydrogen (secondary N) is 1. The number of hydrogen-bond donors (Lipinski definition) is 1. The molecule has 1 aliphatic heterocycles. The van der Waals surface area contributed by atoms with Crippen molar-refractivity contribution in [1.29, 1.82) is 0 Å². The van der Waals surface area contributed by atoms with Crippen molar-refractivity contribution in [2.75, 3.05) is 19.7 Å². The van der Waals surface area contributed by atoms with Crippen LogP contribution in [0.25, 0.3) is 0 Å². The summed E-state index contributed by atoms with van der Waals surface area (Å²) >= 11 is 6.09.